The number of rotatable bonds is 14. The first-order valence-electron chi connectivity index (χ1n) is 13.8. The van der Waals surface area contributed by atoms with Gasteiger partial charge in [-0.2, -0.15) is 4.98 Å². The quantitative estimate of drug-likeness (QED) is 0.203. The van der Waals surface area contributed by atoms with Crippen LogP contribution in [0.2, 0.25) is 0 Å². The molecule has 35 heavy (non-hydrogen) atoms. The van der Waals surface area contributed by atoms with Crippen molar-refractivity contribution < 1.29 is 9.59 Å². The number of nitrogens with one attached hydrogen (secondary N) is 1. The Kier molecular flexibility index (Phi) is 9.91. The second-order valence-electron chi connectivity index (χ2n) is 10.0. The van der Waals surface area contributed by atoms with E-state index in [0.29, 0.717) is 12.4 Å². The van der Waals surface area contributed by atoms with E-state index in [-0.39, 0.29) is 5.06 Å². The minimum atomic E-state index is 0.192. The Bertz CT molecular complexity index is 1050. The molecule has 1 aromatic heterocycles. The fraction of sp³-hybridized carbons (Fsp3) is 0.533. The van der Waals surface area contributed by atoms with Crippen LogP contribution < -0.4 is 5.06 Å². The molecule has 188 valence electrons. The Balaban J connectivity index is 1.27. The van der Waals surface area contributed by atoms with Gasteiger partial charge in [-0.25, -0.2) is 0 Å². The third-order valence-corrected chi connectivity index (χ3v) is 7.21. The van der Waals surface area contributed by atoms with Crippen LogP contribution in [0.1, 0.15) is 100 Å². The molecule has 0 bridgehead atoms. The van der Waals surface area contributed by atoms with Crippen molar-refractivity contribution in [1.82, 2.24) is 10.1 Å². The molecule has 0 amide bonds. The third kappa shape index (κ3) is 7.49. The van der Waals surface area contributed by atoms with E-state index in [1.807, 2.05) is 36.4 Å². The summed E-state index contributed by atoms with van der Waals surface area (Å²) in [6.07, 6.45) is 17.1. The molecule has 0 saturated heterocycles. The number of aromatic nitrogens is 2. The second-order valence-corrected chi connectivity index (χ2v) is 10.0. The van der Waals surface area contributed by atoms with Gasteiger partial charge in [-0.3, -0.25) is 0 Å². The first-order chi connectivity index (χ1) is 17.2. The molecule has 1 aliphatic rings. The highest BCUT2D eigenvalue weighted by molar-refractivity contribution is 5.54. The number of fused-ring (bicyclic) bond motifs is 1. The molecule has 1 atom stereocenters. The van der Waals surface area contributed by atoms with Crippen molar-refractivity contribution in [2.24, 2.45) is 0 Å². The molecule has 0 spiro atoms. The van der Waals surface area contributed by atoms with Crippen molar-refractivity contribution in [3.05, 3.63) is 70.2 Å². The van der Waals surface area contributed by atoms with Crippen LogP contribution in [0, 0.1) is 5.21 Å². The number of unbranched alkanes of at least 4 members (excludes halogenated alkanes) is 8. The van der Waals surface area contributed by atoms with Crippen LogP contribution in [0.3, 0.4) is 0 Å². The molecule has 0 saturated carbocycles. The van der Waals surface area contributed by atoms with Crippen LogP contribution in [0.4, 0.5) is 5.69 Å². The predicted molar refractivity (Wildman–Crippen MR) is 141 cm³/mol. The Morgan fingerprint density at radius 1 is 0.886 bits per heavy atom. The van der Waals surface area contributed by atoms with E-state index in [1.165, 1.54) is 75.3 Å². The molecule has 4 rings (SSSR count). The van der Waals surface area contributed by atoms with E-state index in [1.54, 1.807) is 0 Å². The maximum atomic E-state index is 13.1. The number of hydrogen-bond acceptors (Lipinski definition) is 4. The zero-order valence-electron chi connectivity index (χ0n) is 21.4. The number of nitrogens with zero attached hydrogens (tertiary/aromatic N) is 2. The zero-order valence-corrected chi connectivity index (χ0v) is 21.4. The SMILES string of the molecule is CCCCCCCCCCCc1noc(-c2cccc(C[NH+]([O-])c3cccc4c3CCCC4)c2)n1. The molecular weight excluding hydrogens is 434 g/mol. The van der Waals surface area contributed by atoms with Crippen molar-refractivity contribution in [2.45, 2.75) is 103 Å². The molecule has 1 heterocycles. The lowest BCUT2D eigenvalue weighted by molar-refractivity contribution is -0.792. The maximum absolute atomic E-state index is 13.1. The van der Waals surface area contributed by atoms with E-state index < -0.39 is 0 Å². The van der Waals surface area contributed by atoms with Crippen LogP contribution >= 0.6 is 0 Å². The van der Waals surface area contributed by atoms with E-state index in [4.69, 9.17) is 4.52 Å². The highest BCUT2D eigenvalue weighted by atomic mass is 16.5. The molecular formula is C30H41N3O2. The van der Waals surface area contributed by atoms with Crippen molar-refractivity contribution in [3.8, 4) is 11.5 Å². The predicted octanol–water partition coefficient (Wildman–Crippen LogP) is 6.90. The first kappa shape index (κ1) is 25.6. The lowest BCUT2D eigenvalue weighted by atomic mass is 9.90. The summed E-state index contributed by atoms with van der Waals surface area (Å²) in [7, 11) is 0. The van der Waals surface area contributed by atoms with Crippen LogP contribution in [0.25, 0.3) is 11.5 Å². The number of aryl methyl sites for hydroxylation is 2. The molecule has 1 aliphatic carbocycles. The van der Waals surface area contributed by atoms with Crippen molar-refractivity contribution in [2.75, 3.05) is 0 Å². The summed E-state index contributed by atoms with van der Waals surface area (Å²) in [5.74, 6) is 1.32. The number of quaternary nitrogens is 1. The maximum Gasteiger partial charge on any atom is 0.257 e. The van der Waals surface area contributed by atoms with Gasteiger partial charge in [-0.1, -0.05) is 87.7 Å². The Labute approximate surface area is 210 Å². The highest BCUT2D eigenvalue weighted by Gasteiger charge is 2.18. The van der Waals surface area contributed by atoms with Gasteiger partial charge in [0.15, 0.2) is 5.82 Å². The van der Waals surface area contributed by atoms with Crippen molar-refractivity contribution in [1.29, 1.82) is 0 Å². The van der Waals surface area contributed by atoms with E-state index in [0.717, 1.165) is 48.3 Å². The van der Waals surface area contributed by atoms with Gasteiger partial charge in [0.05, 0.1) is 0 Å². The molecule has 0 aliphatic heterocycles. The standard InChI is InChI=1S/C30H41N3O2/c1-2-3-4-5-6-7-8-9-10-21-29-31-30(35-32-29)26-18-13-15-24(22-26)23-33(34)28-20-14-17-25-16-11-12-19-27(25)28/h13-15,17-18,20,22,33H,2-12,16,19,21,23H2,1H3. The Morgan fingerprint density at radius 3 is 2.46 bits per heavy atom. The number of hydrogen-bond donors (Lipinski definition) is 1. The number of benzene rings is 2. The van der Waals surface area contributed by atoms with Gasteiger partial charge in [-0.05, 0) is 55.9 Å². The summed E-state index contributed by atoms with van der Waals surface area (Å²) >= 11 is 0. The zero-order chi connectivity index (χ0) is 24.3. The smallest absolute Gasteiger partial charge is 0.257 e. The summed E-state index contributed by atoms with van der Waals surface area (Å²) in [6, 6.07) is 14.2. The molecule has 0 radical (unpaired) electrons. The van der Waals surface area contributed by atoms with Crippen LogP contribution in [-0.4, -0.2) is 10.1 Å². The van der Waals surface area contributed by atoms with Crippen LogP contribution in [0.5, 0.6) is 0 Å². The largest absolute Gasteiger partial charge is 0.629 e. The van der Waals surface area contributed by atoms with Gasteiger partial charge in [0.1, 0.15) is 12.2 Å². The Hall–Kier alpha value is -2.50. The summed E-state index contributed by atoms with van der Waals surface area (Å²) in [4.78, 5) is 4.62. The lowest BCUT2D eigenvalue weighted by Gasteiger charge is -2.27. The van der Waals surface area contributed by atoms with Crippen molar-refractivity contribution in [3.63, 3.8) is 0 Å². The van der Waals surface area contributed by atoms with Gasteiger partial charge in [0.2, 0.25) is 0 Å². The normalized spacial score (nSPS) is 14.1. The van der Waals surface area contributed by atoms with Crippen LogP contribution in [0.15, 0.2) is 47.0 Å². The average Bonchev–Trinajstić information content (AvgIpc) is 3.36. The van der Waals surface area contributed by atoms with E-state index in [2.05, 4.69) is 23.1 Å². The molecule has 5 heteroatoms. The van der Waals surface area contributed by atoms with E-state index in [9.17, 15) is 5.21 Å². The van der Waals surface area contributed by atoms with Crippen LogP contribution in [-0.2, 0) is 25.8 Å². The molecule has 1 unspecified atom stereocenters. The molecule has 3 aromatic rings. The van der Waals surface area contributed by atoms with Gasteiger partial charge in [0, 0.05) is 23.1 Å². The average molecular weight is 476 g/mol. The van der Waals surface area contributed by atoms with E-state index >= 15 is 0 Å². The minimum absolute atomic E-state index is 0.192. The van der Waals surface area contributed by atoms with Gasteiger partial charge >= 0.3 is 0 Å². The molecule has 0 fully saturated rings. The Morgan fingerprint density at radius 2 is 1.63 bits per heavy atom. The highest BCUT2D eigenvalue weighted by Crippen LogP contribution is 2.26. The summed E-state index contributed by atoms with van der Waals surface area (Å²) < 4.78 is 5.56. The van der Waals surface area contributed by atoms with Gasteiger partial charge in [0.25, 0.3) is 5.89 Å². The topological polar surface area (TPSA) is 66.4 Å². The summed E-state index contributed by atoms with van der Waals surface area (Å²) in [6.45, 7) is 2.65. The molecule has 1 N–H and O–H groups in total. The first-order valence-corrected chi connectivity index (χ1v) is 13.8. The number of hydroxylamine groups is 1. The summed E-state index contributed by atoms with van der Waals surface area (Å²) in [5, 5.41) is 17.5. The fourth-order valence-corrected chi connectivity index (χ4v) is 5.20. The monoisotopic (exact) mass is 475 g/mol. The lowest BCUT2D eigenvalue weighted by Crippen LogP contribution is -3.00. The van der Waals surface area contributed by atoms with Crippen molar-refractivity contribution >= 4 is 5.69 Å². The second kappa shape index (κ2) is 13.6. The molecule has 5 nitrogen and oxygen atoms in total. The van der Waals surface area contributed by atoms with Gasteiger partial charge < -0.3 is 14.8 Å². The summed E-state index contributed by atoms with van der Waals surface area (Å²) in [5.41, 5.74) is 5.38. The molecule has 2 aromatic carbocycles. The third-order valence-electron chi connectivity index (χ3n) is 7.21. The minimum Gasteiger partial charge on any atom is -0.629 e. The van der Waals surface area contributed by atoms with Gasteiger partial charge in [-0.15, -0.1) is 0 Å². The fourth-order valence-electron chi connectivity index (χ4n) is 5.20.